The summed E-state index contributed by atoms with van der Waals surface area (Å²) in [5, 5.41) is 7.92. The first-order chi connectivity index (χ1) is 10.9. The van der Waals surface area contributed by atoms with Crippen molar-refractivity contribution in [2.45, 2.75) is 38.6 Å². The number of likely N-dealkylation sites (tertiary alicyclic amines) is 1. The van der Waals surface area contributed by atoms with Crippen LogP contribution in [0.5, 0.6) is 0 Å². The van der Waals surface area contributed by atoms with E-state index in [0.29, 0.717) is 11.7 Å². The Morgan fingerprint density at radius 1 is 1.26 bits per heavy atom. The van der Waals surface area contributed by atoms with Crippen LogP contribution in [0.25, 0.3) is 0 Å². The molecule has 6 heteroatoms. The Kier molecular flexibility index (Phi) is 4.47. The number of aromatic nitrogens is 2. The first-order valence-electron chi connectivity index (χ1n) is 8.65. The van der Waals surface area contributed by atoms with Crippen LogP contribution in [0.2, 0.25) is 0 Å². The van der Waals surface area contributed by atoms with E-state index < -0.39 is 0 Å². The van der Waals surface area contributed by atoms with Gasteiger partial charge in [-0.25, -0.2) is 0 Å². The predicted molar refractivity (Wildman–Crippen MR) is 90.7 cm³/mol. The Labute approximate surface area is 138 Å². The molecule has 1 N–H and O–H groups in total. The molecule has 2 aliphatic heterocycles. The molecule has 1 unspecified atom stereocenters. The van der Waals surface area contributed by atoms with Gasteiger partial charge in [0.15, 0.2) is 0 Å². The van der Waals surface area contributed by atoms with Crippen LogP contribution in [0.4, 0.5) is 0 Å². The molecule has 1 aromatic heterocycles. The molecular weight excluding hydrogens is 290 g/mol. The first kappa shape index (κ1) is 16.5. The molecule has 2 saturated heterocycles. The average molecular weight is 319 g/mol. The Balaban J connectivity index is 1.68. The SMILES string of the molecule is Cn1nc(C(C)(C)C)cc1C(=O)N1CCC(N2CCNCC2)C1. The minimum absolute atomic E-state index is 0.0371. The van der Waals surface area contributed by atoms with Crippen molar-refractivity contribution in [3.05, 3.63) is 17.5 Å². The molecule has 0 aromatic carbocycles. The summed E-state index contributed by atoms with van der Waals surface area (Å²) in [5.74, 6) is 0.119. The minimum Gasteiger partial charge on any atom is -0.336 e. The van der Waals surface area contributed by atoms with E-state index in [0.717, 1.165) is 51.4 Å². The zero-order valence-electron chi connectivity index (χ0n) is 14.8. The van der Waals surface area contributed by atoms with E-state index >= 15 is 0 Å². The lowest BCUT2D eigenvalue weighted by molar-refractivity contribution is 0.0762. The van der Waals surface area contributed by atoms with Crippen molar-refractivity contribution in [2.24, 2.45) is 7.05 Å². The number of nitrogens with zero attached hydrogens (tertiary/aromatic N) is 4. The van der Waals surface area contributed by atoms with Gasteiger partial charge >= 0.3 is 0 Å². The van der Waals surface area contributed by atoms with Crippen LogP contribution >= 0.6 is 0 Å². The highest BCUT2D eigenvalue weighted by molar-refractivity contribution is 5.93. The number of hydrogen-bond acceptors (Lipinski definition) is 4. The summed E-state index contributed by atoms with van der Waals surface area (Å²) in [6.45, 7) is 12.4. The molecule has 0 radical (unpaired) electrons. The summed E-state index contributed by atoms with van der Waals surface area (Å²) in [4.78, 5) is 17.4. The van der Waals surface area contributed by atoms with E-state index in [1.807, 2.05) is 18.0 Å². The lowest BCUT2D eigenvalue weighted by Gasteiger charge is -2.32. The molecule has 1 amide bonds. The topological polar surface area (TPSA) is 53.4 Å². The van der Waals surface area contributed by atoms with Crippen molar-refractivity contribution in [1.82, 2.24) is 24.9 Å². The zero-order chi connectivity index (χ0) is 16.6. The third-order valence-corrected chi connectivity index (χ3v) is 4.99. The second kappa shape index (κ2) is 6.24. The van der Waals surface area contributed by atoms with Crippen molar-refractivity contribution in [2.75, 3.05) is 39.3 Å². The van der Waals surface area contributed by atoms with Crippen molar-refractivity contribution < 1.29 is 4.79 Å². The molecule has 3 rings (SSSR count). The Morgan fingerprint density at radius 3 is 2.57 bits per heavy atom. The van der Waals surface area contributed by atoms with Gasteiger partial charge in [0.1, 0.15) is 5.69 Å². The average Bonchev–Trinajstić information content (AvgIpc) is 3.14. The molecule has 23 heavy (non-hydrogen) atoms. The normalized spacial score (nSPS) is 23.5. The summed E-state index contributed by atoms with van der Waals surface area (Å²) in [6, 6.07) is 2.47. The molecule has 1 atom stereocenters. The standard InChI is InChI=1S/C17H29N5O/c1-17(2,3)15-11-14(20(4)19-15)16(23)22-8-5-13(12-22)21-9-6-18-7-10-21/h11,13,18H,5-10,12H2,1-4H3. The van der Waals surface area contributed by atoms with Gasteiger partial charge in [-0.1, -0.05) is 20.8 Å². The van der Waals surface area contributed by atoms with Crippen LogP contribution in [0, 0.1) is 0 Å². The van der Waals surface area contributed by atoms with Crippen LogP contribution in [0.15, 0.2) is 6.07 Å². The lowest BCUT2D eigenvalue weighted by Crippen LogP contribution is -2.49. The Hall–Kier alpha value is -1.40. The van der Waals surface area contributed by atoms with Crippen LogP contribution < -0.4 is 5.32 Å². The molecule has 2 fully saturated rings. The van der Waals surface area contributed by atoms with Gasteiger partial charge in [0.2, 0.25) is 0 Å². The van der Waals surface area contributed by atoms with Gasteiger partial charge in [0.05, 0.1) is 5.69 Å². The highest BCUT2D eigenvalue weighted by Gasteiger charge is 2.33. The van der Waals surface area contributed by atoms with Crippen molar-refractivity contribution in [1.29, 1.82) is 0 Å². The molecule has 128 valence electrons. The third kappa shape index (κ3) is 3.43. The van der Waals surface area contributed by atoms with Gasteiger partial charge in [0.25, 0.3) is 5.91 Å². The van der Waals surface area contributed by atoms with Gasteiger partial charge in [-0.15, -0.1) is 0 Å². The highest BCUT2D eigenvalue weighted by atomic mass is 16.2. The van der Waals surface area contributed by atoms with E-state index in [2.05, 4.69) is 36.1 Å². The van der Waals surface area contributed by atoms with Gasteiger partial charge in [-0.2, -0.15) is 5.10 Å². The zero-order valence-corrected chi connectivity index (χ0v) is 14.8. The van der Waals surface area contributed by atoms with Crippen LogP contribution in [-0.4, -0.2) is 70.8 Å². The second-order valence-corrected chi connectivity index (χ2v) is 7.77. The summed E-state index contributed by atoms with van der Waals surface area (Å²) in [6.07, 6.45) is 1.08. The third-order valence-electron chi connectivity index (χ3n) is 4.99. The number of rotatable bonds is 2. The van der Waals surface area contributed by atoms with Crippen LogP contribution in [0.1, 0.15) is 43.4 Å². The summed E-state index contributed by atoms with van der Waals surface area (Å²) in [7, 11) is 1.87. The molecule has 3 heterocycles. The van der Waals surface area contributed by atoms with E-state index in [-0.39, 0.29) is 11.3 Å². The molecule has 0 aliphatic carbocycles. The Morgan fingerprint density at radius 2 is 1.96 bits per heavy atom. The molecule has 0 bridgehead atoms. The first-order valence-corrected chi connectivity index (χ1v) is 8.65. The molecule has 6 nitrogen and oxygen atoms in total. The van der Waals surface area contributed by atoms with Crippen LogP contribution in [-0.2, 0) is 12.5 Å². The van der Waals surface area contributed by atoms with Gasteiger partial charge in [-0.3, -0.25) is 14.4 Å². The largest absolute Gasteiger partial charge is 0.336 e. The molecule has 0 spiro atoms. The van der Waals surface area contributed by atoms with Gasteiger partial charge in [0, 0.05) is 57.8 Å². The highest BCUT2D eigenvalue weighted by Crippen LogP contribution is 2.23. The van der Waals surface area contributed by atoms with Crippen molar-refractivity contribution in [3.63, 3.8) is 0 Å². The van der Waals surface area contributed by atoms with E-state index in [9.17, 15) is 4.79 Å². The lowest BCUT2D eigenvalue weighted by atomic mass is 9.92. The van der Waals surface area contributed by atoms with Crippen molar-refractivity contribution in [3.8, 4) is 0 Å². The Bertz CT molecular complexity index is 568. The summed E-state index contributed by atoms with van der Waals surface area (Å²) in [5.41, 5.74) is 1.64. The fraction of sp³-hybridized carbons (Fsp3) is 0.765. The number of nitrogens with one attached hydrogen (secondary N) is 1. The quantitative estimate of drug-likeness (QED) is 0.878. The second-order valence-electron chi connectivity index (χ2n) is 7.77. The molecular formula is C17H29N5O. The smallest absolute Gasteiger partial charge is 0.272 e. The maximum atomic E-state index is 12.9. The van der Waals surface area contributed by atoms with E-state index in [1.54, 1.807) is 4.68 Å². The maximum absolute atomic E-state index is 12.9. The molecule has 2 aliphatic rings. The number of aryl methyl sites for hydroxylation is 1. The number of piperazine rings is 1. The number of hydrogen-bond donors (Lipinski definition) is 1. The number of amides is 1. The van der Waals surface area contributed by atoms with Crippen molar-refractivity contribution >= 4 is 5.91 Å². The summed E-state index contributed by atoms with van der Waals surface area (Å²) >= 11 is 0. The predicted octanol–water partition coefficient (Wildman–Crippen LogP) is 0.837. The number of carbonyl (C=O) groups is 1. The fourth-order valence-corrected chi connectivity index (χ4v) is 3.47. The van der Waals surface area contributed by atoms with Crippen LogP contribution in [0.3, 0.4) is 0 Å². The van der Waals surface area contributed by atoms with E-state index in [4.69, 9.17) is 0 Å². The monoisotopic (exact) mass is 319 g/mol. The maximum Gasteiger partial charge on any atom is 0.272 e. The fourth-order valence-electron chi connectivity index (χ4n) is 3.47. The minimum atomic E-state index is -0.0371. The summed E-state index contributed by atoms with van der Waals surface area (Å²) < 4.78 is 1.74. The molecule has 1 aromatic rings. The number of carbonyl (C=O) groups excluding carboxylic acids is 1. The van der Waals surface area contributed by atoms with Gasteiger partial charge in [-0.05, 0) is 12.5 Å². The van der Waals surface area contributed by atoms with E-state index in [1.165, 1.54) is 0 Å². The molecule has 0 saturated carbocycles. The van der Waals surface area contributed by atoms with Gasteiger partial charge < -0.3 is 10.2 Å².